The number of aromatic nitrogens is 1. The summed E-state index contributed by atoms with van der Waals surface area (Å²) in [5.74, 6) is 1.42. The molecule has 0 aliphatic carbocycles. The fourth-order valence-electron chi connectivity index (χ4n) is 1.62. The Bertz CT molecular complexity index is 502. The molecule has 0 saturated heterocycles. The van der Waals surface area contributed by atoms with Gasteiger partial charge < -0.3 is 9.73 Å². The minimum atomic E-state index is 0.101. The second kappa shape index (κ2) is 4.90. The molecular weight excluding hydrogens is 236 g/mol. The normalized spacial score (nSPS) is 12.7. The number of halogens is 1. The summed E-state index contributed by atoms with van der Waals surface area (Å²) in [5.41, 5.74) is 2.06. The summed E-state index contributed by atoms with van der Waals surface area (Å²) in [4.78, 5) is 4.25. The highest BCUT2D eigenvalue weighted by Gasteiger charge is 2.11. The molecule has 2 rings (SSSR count). The molecule has 0 bridgehead atoms. The first-order valence-electron chi connectivity index (χ1n) is 5.50. The molecule has 1 heterocycles. The molecule has 0 saturated carbocycles. The minimum absolute atomic E-state index is 0.101. The van der Waals surface area contributed by atoms with E-state index in [0.717, 1.165) is 16.9 Å². The first-order chi connectivity index (χ1) is 8.10. The van der Waals surface area contributed by atoms with Gasteiger partial charge in [-0.15, -0.1) is 0 Å². The molecule has 1 unspecified atom stereocenters. The number of hydrogen-bond acceptors (Lipinski definition) is 3. The summed E-state index contributed by atoms with van der Waals surface area (Å²) < 4.78 is 5.70. The zero-order valence-corrected chi connectivity index (χ0v) is 10.9. The minimum Gasteiger partial charge on any atom is -0.439 e. The van der Waals surface area contributed by atoms with E-state index < -0.39 is 0 Å². The van der Waals surface area contributed by atoms with Crippen LogP contribution in [0.4, 0.5) is 0 Å². The SMILES string of the molecule is CNC(C)c1ncc(-c2cc(C)cc(Cl)c2)o1. The summed E-state index contributed by atoms with van der Waals surface area (Å²) in [5, 5.41) is 3.79. The van der Waals surface area contributed by atoms with Crippen LogP contribution in [0.15, 0.2) is 28.8 Å². The number of hydrogen-bond donors (Lipinski definition) is 1. The molecule has 1 aromatic heterocycles. The predicted octanol–water partition coefficient (Wildman–Crippen LogP) is 3.58. The average molecular weight is 251 g/mol. The first-order valence-corrected chi connectivity index (χ1v) is 5.88. The Balaban J connectivity index is 2.36. The molecule has 1 N–H and O–H groups in total. The maximum absolute atomic E-state index is 6.02. The van der Waals surface area contributed by atoms with E-state index >= 15 is 0 Å². The quantitative estimate of drug-likeness (QED) is 0.905. The van der Waals surface area contributed by atoms with Crippen molar-refractivity contribution in [3.8, 4) is 11.3 Å². The Morgan fingerprint density at radius 2 is 2.12 bits per heavy atom. The van der Waals surface area contributed by atoms with E-state index in [4.69, 9.17) is 16.0 Å². The van der Waals surface area contributed by atoms with Crippen LogP contribution in [-0.4, -0.2) is 12.0 Å². The number of rotatable bonds is 3. The summed E-state index contributed by atoms with van der Waals surface area (Å²) >= 11 is 6.02. The van der Waals surface area contributed by atoms with Gasteiger partial charge in [-0.2, -0.15) is 0 Å². The summed E-state index contributed by atoms with van der Waals surface area (Å²) in [6.07, 6.45) is 1.73. The van der Waals surface area contributed by atoms with Crippen LogP contribution in [0.1, 0.15) is 24.4 Å². The highest BCUT2D eigenvalue weighted by molar-refractivity contribution is 6.30. The van der Waals surface area contributed by atoms with Gasteiger partial charge in [0.1, 0.15) is 0 Å². The Morgan fingerprint density at radius 1 is 1.35 bits per heavy atom. The van der Waals surface area contributed by atoms with Crippen molar-refractivity contribution in [2.24, 2.45) is 0 Å². The van der Waals surface area contributed by atoms with Crippen LogP contribution in [0, 0.1) is 6.92 Å². The van der Waals surface area contributed by atoms with Gasteiger partial charge in [0.25, 0.3) is 0 Å². The van der Waals surface area contributed by atoms with Gasteiger partial charge in [-0.3, -0.25) is 0 Å². The standard InChI is InChI=1S/C13H15ClN2O/c1-8-4-10(6-11(14)5-8)12-7-16-13(17-12)9(2)15-3/h4-7,9,15H,1-3H3. The van der Waals surface area contributed by atoms with Gasteiger partial charge in [0, 0.05) is 10.6 Å². The van der Waals surface area contributed by atoms with E-state index in [9.17, 15) is 0 Å². The molecule has 0 radical (unpaired) electrons. The lowest BCUT2D eigenvalue weighted by atomic mass is 10.1. The monoisotopic (exact) mass is 250 g/mol. The lowest BCUT2D eigenvalue weighted by Gasteiger charge is -2.04. The highest BCUT2D eigenvalue weighted by atomic mass is 35.5. The van der Waals surface area contributed by atoms with Crippen LogP contribution >= 0.6 is 11.6 Å². The third kappa shape index (κ3) is 2.68. The van der Waals surface area contributed by atoms with Crippen molar-refractivity contribution in [1.82, 2.24) is 10.3 Å². The molecular formula is C13H15ClN2O. The van der Waals surface area contributed by atoms with Gasteiger partial charge in [0.15, 0.2) is 5.76 Å². The number of nitrogens with zero attached hydrogens (tertiary/aromatic N) is 1. The summed E-state index contributed by atoms with van der Waals surface area (Å²) in [6.45, 7) is 4.00. The summed E-state index contributed by atoms with van der Waals surface area (Å²) in [7, 11) is 1.87. The molecule has 0 fully saturated rings. The Hall–Kier alpha value is -1.32. The van der Waals surface area contributed by atoms with Crippen molar-refractivity contribution in [2.75, 3.05) is 7.05 Å². The van der Waals surface area contributed by atoms with Crippen LogP contribution < -0.4 is 5.32 Å². The lowest BCUT2D eigenvalue weighted by molar-refractivity contribution is 0.441. The van der Waals surface area contributed by atoms with Gasteiger partial charge >= 0.3 is 0 Å². The number of nitrogens with one attached hydrogen (secondary N) is 1. The zero-order valence-electron chi connectivity index (χ0n) is 10.1. The van der Waals surface area contributed by atoms with Gasteiger partial charge in [-0.25, -0.2) is 4.98 Å². The topological polar surface area (TPSA) is 38.1 Å². The molecule has 3 nitrogen and oxygen atoms in total. The Kier molecular flexibility index (Phi) is 3.50. The van der Waals surface area contributed by atoms with Crippen LogP contribution in [0.5, 0.6) is 0 Å². The number of oxazole rings is 1. The second-order valence-corrected chi connectivity index (χ2v) is 4.53. The smallest absolute Gasteiger partial charge is 0.211 e. The Labute approximate surface area is 106 Å². The van der Waals surface area contributed by atoms with E-state index in [1.54, 1.807) is 6.20 Å². The first kappa shape index (κ1) is 12.1. The third-order valence-electron chi connectivity index (χ3n) is 2.65. The molecule has 0 spiro atoms. The largest absolute Gasteiger partial charge is 0.439 e. The van der Waals surface area contributed by atoms with E-state index in [2.05, 4.69) is 10.3 Å². The van der Waals surface area contributed by atoms with Crippen molar-refractivity contribution < 1.29 is 4.42 Å². The van der Waals surface area contributed by atoms with E-state index in [1.807, 2.05) is 39.1 Å². The average Bonchev–Trinajstić information content (AvgIpc) is 2.76. The van der Waals surface area contributed by atoms with Crippen LogP contribution in [0.3, 0.4) is 0 Å². The third-order valence-corrected chi connectivity index (χ3v) is 2.87. The molecule has 90 valence electrons. The van der Waals surface area contributed by atoms with Crippen LogP contribution in [0.25, 0.3) is 11.3 Å². The fourth-order valence-corrected chi connectivity index (χ4v) is 1.91. The van der Waals surface area contributed by atoms with E-state index in [0.29, 0.717) is 10.9 Å². The van der Waals surface area contributed by atoms with Gasteiger partial charge in [-0.05, 0) is 44.7 Å². The molecule has 1 atom stereocenters. The predicted molar refractivity (Wildman–Crippen MR) is 69.2 cm³/mol. The van der Waals surface area contributed by atoms with Crippen LogP contribution in [-0.2, 0) is 0 Å². The molecule has 0 aliphatic heterocycles. The van der Waals surface area contributed by atoms with Gasteiger partial charge in [0.05, 0.1) is 12.2 Å². The van der Waals surface area contributed by atoms with Crippen molar-refractivity contribution in [3.05, 3.63) is 40.9 Å². The molecule has 17 heavy (non-hydrogen) atoms. The maximum atomic E-state index is 6.02. The molecule has 0 aliphatic rings. The van der Waals surface area contributed by atoms with Crippen molar-refractivity contribution in [2.45, 2.75) is 19.9 Å². The van der Waals surface area contributed by atoms with Crippen molar-refractivity contribution in [3.63, 3.8) is 0 Å². The fraction of sp³-hybridized carbons (Fsp3) is 0.308. The molecule has 4 heteroatoms. The van der Waals surface area contributed by atoms with Gasteiger partial charge in [0.2, 0.25) is 5.89 Å². The molecule has 1 aromatic carbocycles. The van der Waals surface area contributed by atoms with Crippen molar-refractivity contribution in [1.29, 1.82) is 0 Å². The lowest BCUT2D eigenvalue weighted by Crippen LogP contribution is -2.12. The van der Waals surface area contributed by atoms with E-state index in [-0.39, 0.29) is 6.04 Å². The van der Waals surface area contributed by atoms with E-state index in [1.165, 1.54) is 0 Å². The van der Waals surface area contributed by atoms with Crippen molar-refractivity contribution >= 4 is 11.6 Å². The molecule has 0 amide bonds. The zero-order chi connectivity index (χ0) is 12.4. The number of aryl methyl sites for hydroxylation is 1. The number of benzene rings is 1. The molecule has 2 aromatic rings. The summed E-state index contributed by atoms with van der Waals surface area (Å²) in [6, 6.07) is 5.92. The highest BCUT2D eigenvalue weighted by Crippen LogP contribution is 2.26. The maximum Gasteiger partial charge on any atom is 0.211 e. The Morgan fingerprint density at radius 3 is 2.76 bits per heavy atom. The van der Waals surface area contributed by atoms with Gasteiger partial charge in [-0.1, -0.05) is 11.6 Å². The second-order valence-electron chi connectivity index (χ2n) is 4.09. The van der Waals surface area contributed by atoms with Crippen LogP contribution in [0.2, 0.25) is 5.02 Å².